The van der Waals surface area contributed by atoms with Gasteiger partial charge in [-0.25, -0.2) is 0 Å². The molecule has 1 saturated carbocycles. The first-order chi connectivity index (χ1) is 15.1. The minimum atomic E-state index is -0.485. The Morgan fingerprint density at radius 2 is 1.84 bits per heavy atom. The van der Waals surface area contributed by atoms with Gasteiger partial charge in [0.05, 0.1) is 5.41 Å². The van der Waals surface area contributed by atoms with E-state index < -0.39 is 5.41 Å². The minimum absolute atomic E-state index is 0.0365. The Balaban J connectivity index is 1.29. The van der Waals surface area contributed by atoms with E-state index in [0.717, 1.165) is 46.7 Å². The number of nitrogens with one attached hydrogen (secondary N) is 1. The fourth-order valence-corrected chi connectivity index (χ4v) is 5.13. The molecule has 3 aromatic carbocycles. The van der Waals surface area contributed by atoms with Gasteiger partial charge >= 0.3 is 0 Å². The molecule has 1 fully saturated rings. The molecule has 2 aliphatic rings. The van der Waals surface area contributed by atoms with E-state index in [1.165, 1.54) is 15.6 Å². The van der Waals surface area contributed by atoms with Crippen molar-refractivity contribution in [1.82, 2.24) is 0 Å². The van der Waals surface area contributed by atoms with E-state index in [1.54, 1.807) is 11.3 Å². The van der Waals surface area contributed by atoms with Gasteiger partial charge in [-0.3, -0.25) is 4.79 Å². The van der Waals surface area contributed by atoms with Crippen LogP contribution in [0.1, 0.15) is 24.0 Å². The molecule has 6 rings (SSSR count). The molecule has 5 heteroatoms. The number of amides is 1. The molecular formula is C26H21NO3S. The van der Waals surface area contributed by atoms with Crippen molar-refractivity contribution in [2.75, 3.05) is 12.1 Å². The maximum atomic E-state index is 13.3. The number of hydrogen-bond donors (Lipinski definition) is 1. The Morgan fingerprint density at radius 3 is 2.71 bits per heavy atom. The zero-order valence-electron chi connectivity index (χ0n) is 17.1. The predicted molar refractivity (Wildman–Crippen MR) is 124 cm³/mol. The van der Waals surface area contributed by atoms with E-state index in [2.05, 4.69) is 54.0 Å². The molecule has 1 amide bonds. The molecule has 0 atom stereocenters. The Labute approximate surface area is 184 Å². The summed E-state index contributed by atoms with van der Waals surface area (Å²) < 4.78 is 12.2. The van der Waals surface area contributed by atoms with Crippen LogP contribution in [0, 0.1) is 6.92 Å². The third kappa shape index (κ3) is 3.08. The first kappa shape index (κ1) is 18.5. The number of thiophene rings is 1. The Morgan fingerprint density at radius 1 is 0.968 bits per heavy atom. The molecule has 4 nitrogen and oxygen atoms in total. The van der Waals surface area contributed by atoms with Crippen LogP contribution in [0.5, 0.6) is 11.5 Å². The van der Waals surface area contributed by atoms with E-state index in [4.69, 9.17) is 9.47 Å². The van der Waals surface area contributed by atoms with Crippen LogP contribution in [0.4, 0.5) is 5.69 Å². The lowest BCUT2D eigenvalue weighted by Crippen LogP contribution is -2.27. The fraction of sp³-hybridized carbons (Fsp3) is 0.192. The summed E-state index contributed by atoms with van der Waals surface area (Å²) >= 11 is 1.75. The summed E-state index contributed by atoms with van der Waals surface area (Å²) in [6, 6.07) is 20.6. The summed E-state index contributed by atoms with van der Waals surface area (Å²) in [5.74, 6) is 1.50. The number of rotatable bonds is 4. The molecule has 0 unspecified atom stereocenters. The van der Waals surface area contributed by atoms with E-state index in [9.17, 15) is 4.79 Å². The number of ether oxygens (including phenoxy) is 2. The Kier molecular flexibility index (Phi) is 4.08. The Bertz CT molecular complexity index is 1340. The van der Waals surface area contributed by atoms with Crippen molar-refractivity contribution in [3.8, 4) is 22.6 Å². The second-order valence-corrected chi connectivity index (χ2v) is 9.25. The molecule has 1 aliphatic carbocycles. The average molecular weight is 428 g/mol. The zero-order chi connectivity index (χ0) is 21.0. The maximum absolute atomic E-state index is 13.3. The zero-order valence-corrected chi connectivity index (χ0v) is 17.9. The lowest BCUT2D eigenvalue weighted by atomic mass is 9.94. The van der Waals surface area contributed by atoms with Gasteiger partial charge in [0.2, 0.25) is 12.7 Å². The van der Waals surface area contributed by atoms with Crippen molar-refractivity contribution < 1.29 is 14.3 Å². The topological polar surface area (TPSA) is 47.6 Å². The van der Waals surface area contributed by atoms with Gasteiger partial charge in [0.25, 0.3) is 0 Å². The summed E-state index contributed by atoms with van der Waals surface area (Å²) in [6.07, 6.45) is 1.68. The molecular weight excluding hydrogens is 406 g/mol. The molecule has 31 heavy (non-hydrogen) atoms. The number of anilines is 1. The first-order valence-corrected chi connectivity index (χ1v) is 11.3. The molecule has 1 aliphatic heterocycles. The highest BCUT2D eigenvalue weighted by molar-refractivity contribution is 7.17. The monoisotopic (exact) mass is 427 g/mol. The van der Waals surface area contributed by atoms with Crippen molar-refractivity contribution in [3.63, 3.8) is 0 Å². The largest absolute Gasteiger partial charge is 0.454 e. The maximum Gasteiger partial charge on any atom is 0.235 e. The lowest BCUT2D eigenvalue weighted by molar-refractivity contribution is -0.118. The van der Waals surface area contributed by atoms with Gasteiger partial charge in [-0.2, -0.15) is 0 Å². The van der Waals surface area contributed by atoms with Gasteiger partial charge in [-0.15, -0.1) is 11.3 Å². The van der Waals surface area contributed by atoms with Crippen LogP contribution in [0.15, 0.2) is 66.0 Å². The van der Waals surface area contributed by atoms with Crippen LogP contribution < -0.4 is 14.8 Å². The van der Waals surface area contributed by atoms with Crippen LogP contribution >= 0.6 is 11.3 Å². The summed E-state index contributed by atoms with van der Waals surface area (Å²) in [6.45, 7) is 2.34. The second kappa shape index (κ2) is 6.86. The highest BCUT2D eigenvalue weighted by Gasteiger charge is 2.51. The molecule has 1 N–H and O–H groups in total. The van der Waals surface area contributed by atoms with Crippen LogP contribution in [0.2, 0.25) is 0 Å². The van der Waals surface area contributed by atoms with Gasteiger partial charge in [0, 0.05) is 10.4 Å². The first-order valence-electron chi connectivity index (χ1n) is 10.4. The standard InChI is InChI=1S/C26H21NO3S/c1-16-2-5-20(14-21(16)17-3-7-24-18(12-17)8-11-31-24)27-25(28)26(9-10-26)19-4-6-22-23(13-19)30-15-29-22/h2-8,11-14H,9-10,15H2,1H3,(H,27,28). The van der Waals surface area contributed by atoms with E-state index in [0.29, 0.717) is 0 Å². The number of hydrogen-bond acceptors (Lipinski definition) is 4. The van der Waals surface area contributed by atoms with Crippen molar-refractivity contribution in [2.45, 2.75) is 25.2 Å². The number of carbonyl (C=O) groups excluding carboxylic acids is 1. The third-order valence-electron chi connectivity index (χ3n) is 6.37. The van der Waals surface area contributed by atoms with Gasteiger partial charge < -0.3 is 14.8 Å². The molecule has 0 spiro atoms. The molecule has 154 valence electrons. The predicted octanol–water partition coefficient (Wildman–Crippen LogP) is 6.28. The molecule has 0 radical (unpaired) electrons. The second-order valence-electron chi connectivity index (χ2n) is 8.31. The van der Waals surface area contributed by atoms with E-state index >= 15 is 0 Å². The quantitative estimate of drug-likeness (QED) is 0.417. The summed E-state index contributed by atoms with van der Waals surface area (Å²) in [5.41, 5.74) is 4.81. The van der Waals surface area contributed by atoms with Gasteiger partial charge in [-0.1, -0.05) is 18.2 Å². The summed E-state index contributed by atoms with van der Waals surface area (Å²) in [4.78, 5) is 13.3. The number of carbonyl (C=O) groups is 1. The van der Waals surface area contributed by atoms with Crippen molar-refractivity contribution >= 4 is 33.0 Å². The van der Waals surface area contributed by atoms with E-state index in [1.807, 2.05) is 24.3 Å². The molecule has 0 bridgehead atoms. The number of benzene rings is 3. The SMILES string of the molecule is Cc1ccc(NC(=O)C2(c3ccc4c(c3)OCO4)CC2)cc1-c1ccc2sccc2c1. The smallest absolute Gasteiger partial charge is 0.235 e. The Hall–Kier alpha value is -3.31. The normalized spacial score (nSPS) is 15.8. The average Bonchev–Trinajstić information content (AvgIpc) is 3.24. The van der Waals surface area contributed by atoms with Gasteiger partial charge in [0.15, 0.2) is 11.5 Å². The van der Waals surface area contributed by atoms with Crippen molar-refractivity contribution in [2.24, 2.45) is 0 Å². The molecule has 1 aromatic heterocycles. The third-order valence-corrected chi connectivity index (χ3v) is 7.27. The lowest BCUT2D eigenvalue weighted by Gasteiger charge is -2.17. The van der Waals surface area contributed by atoms with Crippen LogP contribution in [0.3, 0.4) is 0 Å². The summed E-state index contributed by atoms with van der Waals surface area (Å²) in [7, 11) is 0. The van der Waals surface area contributed by atoms with Crippen molar-refractivity contribution in [1.29, 1.82) is 0 Å². The summed E-state index contributed by atoms with van der Waals surface area (Å²) in [5, 5.41) is 6.53. The van der Waals surface area contributed by atoms with Crippen LogP contribution in [0.25, 0.3) is 21.2 Å². The highest BCUT2D eigenvalue weighted by atomic mass is 32.1. The number of aryl methyl sites for hydroxylation is 1. The molecule has 4 aromatic rings. The van der Waals surface area contributed by atoms with Crippen molar-refractivity contribution in [3.05, 3.63) is 77.2 Å². The molecule has 0 saturated heterocycles. The highest BCUT2D eigenvalue weighted by Crippen LogP contribution is 2.51. The van der Waals surface area contributed by atoms with E-state index in [-0.39, 0.29) is 12.7 Å². The van der Waals surface area contributed by atoms with Crippen LogP contribution in [-0.2, 0) is 10.2 Å². The fourth-order valence-electron chi connectivity index (χ4n) is 4.36. The molecule has 2 heterocycles. The van der Waals surface area contributed by atoms with Gasteiger partial charge in [0.1, 0.15) is 0 Å². The van der Waals surface area contributed by atoms with Gasteiger partial charge in [-0.05, 0) is 95.3 Å². The van der Waals surface area contributed by atoms with Crippen LogP contribution in [-0.4, -0.2) is 12.7 Å². The number of fused-ring (bicyclic) bond motifs is 2. The minimum Gasteiger partial charge on any atom is -0.454 e.